The fraction of sp³-hybridized carbons (Fsp3) is 0. The van der Waals surface area contributed by atoms with Gasteiger partial charge in [-0.25, -0.2) is 0 Å². The second-order valence-electron chi connectivity index (χ2n) is 22.3. The van der Waals surface area contributed by atoms with Crippen LogP contribution in [0.5, 0.6) is 0 Å². The highest BCUT2D eigenvalue weighted by Crippen LogP contribution is 2.46. The number of aromatic nitrogens is 2. The second kappa shape index (κ2) is 17.8. The zero-order valence-corrected chi connectivity index (χ0v) is 45.6. The van der Waals surface area contributed by atoms with Gasteiger partial charge in [-0.05, 0) is 163 Å². The summed E-state index contributed by atoms with van der Waals surface area (Å²) < 4.78 is 16.7. The second-order valence-corrected chi connectivity index (χ2v) is 22.8. The van der Waals surface area contributed by atoms with Gasteiger partial charge in [-0.2, -0.15) is 0 Å². The summed E-state index contributed by atoms with van der Waals surface area (Å²) in [5.41, 5.74) is 13.9. The van der Waals surface area contributed by atoms with Crippen molar-refractivity contribution in [3.05, 3.63) is 260 Å². The molecule has 0 bridgehead atoms. The van der Waals surface area contributed by atoms with Crippen LogP contribution in [0, 0.1) is 0 Å². The molecule has 6 heterocycles. The highest BCUT2D eigenvalue weighted by molar-refractivity contribution is 6.59. The molecule has 0 aliphatic heterocycles. The lowest BCUT2D eigenvalue weighted by Gasteiger charge is -2.06. The maximum absolute atomic E-state index is 9.12. The number of furan rings is 2. The van der Waals surface area contributed by atoms with E-state index in [-0.39, 0.29) is 0 Å². The van der Waals surface area contributed by atoms with Gasteiger partial charge < -0.3 is 27.7 Å². The minimum atomic E-state index is -1.45. The van der Waals surface area contributed by atoms with Gasteiger partial charge in [0.2, 0.25) is 0 Å². The van der Waals surface area contributed by atoms with Crippen LogP contribution in [-0.4, -0.2) is 26.0 Å². The van der Waals surface area contributed by atoms with Crippen LogP contribution in [0.3, 0.4) is 0 Å². The fourth-order valence-corrected chi connectivity index (χ4v) is 14.0. The van der Waals surface area contributed by atoms with Gasteiger partial charge in [0.25, 0.3) is 0 Å². The van der Waals surface area contributed by atoms with E-state index >= 15 is 0 Å². The smallest absolute Gasteiger partial charge is 0.456 e. The van der Waals surface area contributed by atoms with Gasteiger partial charge in [-0.15, -0.1) is 0 Å². The largest absolute Gasteiger partial charge is 0.488 e. The van der Waals surface area contributed by atoms with Gasteiger partial charge in [-0.3, -0.25) is 0 Å². The van der Waals surface area contributed by atoms with Crippen LogP contribution in [0.1, 0.15) is 0 Å². The Morgan fingerprint density at radius 2 is 0.595 bits per heavy atom. The topological polar surface area (TPSA) is 75.6 Å². The van der Waals surface area contributed by atoms with Crippen LogP contribution in [-0.2, 0) is 0 Å². The molecule has 20 rings (SSSR count). The fourth-order valence-electron chi connectivity index (χ4n) is 13.8. The Morgan fingerprint density at radius 1 is 0.274 bits per heavy atom. The summed E-state index contributed by atoms with van der Waals surface area (Å²) in [6.45, 7) is 0. The number of nitrogens with zero attached hydrogens (tertiary/aromatic N) is 2. The van der Waals surface area contributed by atoms with E-state index < -0.39 is 7.12 Å². The van der Waals surface area contributed by atoms with E-state index in [9.17, 15) is 0 Å². The average molecular weight is 1100 g/mol. The Bertz CT molecular complexity index is 5880. The predicted molar refractivity (Wildman–Crippen MR) is 353 cm³/mol. The molecule has 0 fully saturated rings. The summed E-state index contributed by atoms with van der Waals surface area (Å²) in [6.07, 6.45) is 0. The Morgan fingerprint density at radius 3 is 1.00 bits per heavy atom. The quantitative estimate of drug-likeness (QED) is 0.169. The van der Waals surface area contributed by atoms with E-state index in [0.29, 0.717) is 5.46 Å². The Balaban J connectivity index is 0.000000106. The molecular formula is C76H44BClN2O4. The van der Waals surface area contributed by atoms with Crippen LogP contribution in [0.25, 0.3) is 174 Å². The molecule has 0 aliphatic rings. The molecule has 0 amide bonds. The lowest BCUT2D eigenvalue weighted by atomic mass is 9.80. The van der Waals surface area contributed by atoms with Crippen molar-refractivity contribution in [3.63, 3.8) is 0 Å². The number of benzene rings is 14. The van der Waals surface area contributed by atoms with Crippen LogP contribution in [0.4, 0.5) is 0 Å². The molecule has 0 unspecified atom stereocenters. The van der Waals surface area contributed by atoms with Crippen molar-refractivity contribution in [2.45, 2.75) is 0 Å². The minimum absolute atomic E-state index is 0.471. The van der Waals surface area contributed by atoms with Gasteiger partial charge in [0.1, 0.15) is 22.3 Å². The zero-order valence-electron chi connectivity index (χ0n) is 44.8. The van der Waals surface area contributed by atoms with E-state index in [1.165, 1.54) is 130 Å². The van der Waals surface area contributed by atoms with Crippen LogP contribution < -0.4 is 5.46 Å². The molecule has 8 heteroatoms. The summed E-state index contributed by atoms with van der Waals surface area (Å²) >= 11 is 6.58. The number of para-hydroxylation sites is 2. The van der Waals surface area contributed by atoms with E-state index in [2.05, 4.69) is 209 Å². The van der Waals surface area contributed by atoms with E-state index in [4.69, 9.17) is 30.5 Å². The van der Waals surface area contributed by atoms with Gasteiger partial charge in [0.05, 0.1) is 33.1 Å². The lowest BCUT2D eigenvalue weighted by Crippen LogP contribution is -2.29. The van der Waals surface area contributed by atoms with Crippen LogP contribution in [0.2, 0.25) is 5.02 Å². The third-order valence-corrected chi connectivity index (χ3v) is 17.8. The molecule has 2 N–H and O–H groups in total. The van der Waals surface area contributed by atoms with Crippen molar-refractivity contribution in [1.82, 2.24) is 8.80 Å². The molecule has 20 aromatic rings. The number of hydrogen-bond donors (Lipinski definition) is 2. The third kappa shape index (κ3) is 7.01. The first kappa shape index (κ1) is 47.3. The van der Waals surface area contributed by atoms with Gasteiger partial charge >= 0.3 is 7.12 Å². The summed E-state index contributed by atoms with van der Waals surface area (Å²) in [4.78, 5) is 0. The molecular weight excluding hydrogens is 1050 g/mol. The highest BCUT2D eigenvalue weighted by Gasteiger charge is 2.23. The van der Waals surface area contributed by atoms with Crippen molar-refractivity contribution in [2.24, 2.45) is 0 Å². The van der Waals surface area contributed by atoms with Crippen molar-refractivity contribution in [3.8, 4) is 11.1 Å². The standard InChI is InChI=1S/C38H21NO.C26H14ClN.C12H9BO3/c1-3-9-24-20-34-29(15-22(24)7-1)32-18-27(26-13-14-37-31(17-26)28-11-5-6-12-36(28)40-37)19-33-30-16-23-8-2-4-10-25(23)21-35(30)39(34)38(32)33;27-19-13-22-20-9-15-5-1-3-7-17(15)11-24(20)28-25-12-18-8-4-2-6-16(18)10-21(25)23(14-19)26(22)28;14-13(15)8-5-6-12-10(7-8)9-3-1-2-4-11(9)16-12/h1-21H;1-14H;1-7,14-15H. The number of hydrogen-bond acceptors (Lipinski definition) is 4. The molecule has 0 spiro atoms. The number of halogens is 1. The average Bonchev–Trinajstić information content (AvgIpc) is 2.05. The molecule has 0 radical (unpaired) electrons. The summed E-state index contributed by atoms with van der Waals surface area (Å²) in [5, 5.41) is 43.5. The van der Waals surface area contributed by atoms with Crippen molar-refractivity contribution in [1.29, 1.82) is 0 Å². The molecule has 0 atom stereocenters. The Kier molecular flexibility index (Phi) is 10.0. The van der Waals surface area contributed by atoms with Crippen molar-refractivity contribution < 1.29 is 18.9 Å². The zero-order chi connectivity index (χ0) is 55.5. The maximum Gasteiger partial charge on any atom is 0.488 e. The Labute approximate surface area is 483 Å². The Hall–Kier alpha value is -10.4. The van der Waals surface area contributed by atoms with Crippen LogP contribution >= 0.6 is 11.6 Å². The third-order valence-electron chi connectivity index (χ3n) is 17.6. The molecule has 6 aromatic heterocycles. The number of rotatable bonds is 2. The molecule has 392 valence electrons. The molecule has 84 heavy (non-hydrogen) atoms. The number of fused-ring (bicyclic) bond motifs is 22. The first-order valence-electron chi connectivity index (χ1n) is 28.3. The first-order valence-corrected chi connectivity index (χ1v) is 28.6. The maximum atomic E-state index is 9.12. The van der Waals surface area contributed by atoms with Gasteiger partial charge in [-0.1, -0.05) is 163 Å². The van der Waals surface area contributed by atoms with E-state index in [1.807, 2.05) is 36.4 Å². The van der Waals surface area contributed by atoms with Crippen molar-refractivity contribution >= 4 is 187 Å². The molecule has 6 nitrogen and oxygen atoms in total. The monoisotopic (exact) mass is 1090 g/mol. The highest BCUT2D eigenvalue weighted by atomic mass is 35.5. The molecule has 0 saturated heterocycles. The van der Waals surface area contributed by atoms with Crippen LogP contribution in [0.15, 0.2) is 264 Å². The summed E-state index contributed by atoms with van der Waals surface area (Å²) in [5.74, 6) is 0. The molecule has 0 aliphatic carbocycles. The predicted octanol–water partition coefficient (Wildman–Crippen LogP) is 19.8. The first-order chi connectivity index (χ1) is 41.3. The van der Waals surface area contributed by atoms with Gasteiger partial charge in [0, 0.05) is 69.7 Å². The summed E-state index contributed by atoms with van der Waals surface area (Å²) in [6, 6.07) is 89.9. The lowest BCUT2D eigenvalue weighted by molar-refractivity contribution is 0.426. The molecule has 0 saturated carbocycles. The van der Waals surface area contributed by atoms with E-state index in [0.717, 1.165) is 48.9 Å². The SMILES string of the molecule is Clc1cc2c3cc4ccccc4cc3n3c4cc5ccccc5cc4c(c1)c23.OB(O)c1ccc2oc3ccccc3c2c1.c1ccc2cc3c(cc2c1)c1cc(-c2ccc4oc5ccccc5c4c2)cc2c4cc5ccccc5cc4n3c12. The minimum Gasteiger partial charge on any atom is -0.456 e. The normalized spacial score (nSPS) is 12.2. The van der Waals surface area contributed by atoms with E-state index in [1.54, 1.807) is 18.2 Å². The molecule has 14 aromatic carbocycles. The van der Waals surface area contributed by atoms with Crippen molar-refractivity contribution in [2.75, 3.05) is 0 Å². The summed E-state index contributed by atoms with van der Waals surface area (Å²) in [7, 11) is -1.45. The van der Waals surface area contributed by atoms with Gasteiger partial charge in [0.15, 0.2) is 0 Å².